The van der Waals surface area contributed by atoms with Gasteiger partial charge >= 0.3 is 0 Å². The summed E-state index contributed by atoms with van der Waals surface area (Å²) >= 11 is 0. The Morgan fingerprint density at radius 2 is 2.20 bits per heavy atom. The van der Waals surface area contributed by atoms with Crippen LogP contribution in [0, 0.1) is 0 Å². The number of amides is 1. The Balaban J connectivity index is 2.09. The molecule has 0 aliphatic carbocycles. The molecule has 0 bridgehead atoms. The van der Waals surface area contributed by atoms with Crippen LogP contribution >= 0.6 is 0 Å². The quantitative estimate of drug-likeness (QED) is 0.871. The summed E-state index contributed by atoms with van der Waals surface area (Å²) in [4.78, 5) is 11.7. The van der Waals surface area contributed by atoms with E-state index in [1.807, 2.05) is 50.4 Å². The second kappa shape index (κ2) is 6.34. The summed E-state index contributed by atoms with van der Waals surface area (Å²) in [6.45, 7) is 3.78. The predicted molar refractivity (Wildman–Crippen MR) is 78.4 cm³/mol. The number of carbonyl (C=O) groups is 1. The molecule has 1 amide bonds. The van der Waals surface area contributed by atoms with E-state index >= 15 is 0 Å². The molecule has 3 N–H and O–H groups in total. The number of nitrogens with one attached hydrogen (secondary N) is 1. The van der Waals surface area contributed by atoms with Gasteiger partial charge in [0.15, 0.2) is 0 Å². The lowest BCUT2D eigenvalue weighted by atomic mass is 10.1. The van der Waals surface area contributed by atoms with Crippen molar-refractivity contribution >= 4 is 5.91 Å². The minimum Gasteiger partial charge on any atom is -0.350 e. The van der Waals surface area contributed by atoms with Crippen LogP contribution in [0.5, 0.6) is 0 Å². The van der Waals surface area contributed by atoms with Crippen molar-refractivity contribution in [1.29, 1.82) is 0 Å². The fraction of sp³-hybridized carbons (Fsp3) is 0.333. The third-order valence-electron chi connectivity index (χ3n) is 3.02. The third-order valence-corrected chi connectivity index (χ3v) is 3.02. The fourth-order valence-corrected chi connectivity index (χ4v) is 2.03. The predicted octanol–water partition coefficient (Wildman–Crippen LogP) is 1.79. The summed E-state index contributed by atoms with van der Waals surface area (Å²) in [5, 5.41) is 7.15. The topological polar surface area (TPSA) is 72.9 Å². The second-order valence-electron chi connectivity index (χ2n) is 5.02. The number of hydrogen-bond acceptors (Lipinski definition) is 3. The highest BCUT2D eigenvalue weighted by atomic mass is 16.1. The largest absolute Gasteiger partial charge is 0.350 e. The maximum absolute atomic E-state index is 11.7. The molecule has 0 saturated carbocycles. The van der Waals surface area contributed by atoms with Gasteiger partial charge < -0.3 is 11.1 Å². The van der Waals surface area contributed by atoms with Gasteiger partial charge in [-0.1, -0.05) is 12.1 Å². The van der Waals surface area contributed by atoms with Crippen molar-refractivity contribution in [2.24, 2.45) is 5.73 Å². The molecule has 0 aliphatic heterocycles. The SMILES string of the molecule is CC(N)CC(=O)NC(C)c1cccc(-n2cccn2)c1. The van der Waals surface area contributed by atoms with E-state index in [0.717, 1.165) is 11.3 Å². The van der Waals surface area contributed by atoms with Crippen LogP contribution in [0.2, 0.25) is 0 Å². The molecule has 5 heteroatoms. The molecular weight excluding hydrogens is 252 g/mol. The van der Waals surface area contributed by atoms with Crippen LogP contribution < -0.4 is 11.1 Å². The van der Waals surface area contributed by atoms with E-state index in [0.29, 0.717) is 6.42 Å². The maximum Gasteiger partial charge on any atom is 0.222 e. The van der Waals surface area contributed by atoms with Crippen molar-refractivity contribution in [3.05, 3.63) is 48.3 Å². The van der Waals surface area contributed by atoms with Gasteiger partial charge in [0.1, 0.15) is 0 Å². The van der Waals surface area contributed by atoms with Crippen molar-refractivity contribution in [1.82, 2.24) is 15.1 Å². The second-order valence-corrected chi connectivity index (χ2v) is 5.02. The molecule has 2 rings (SSSR count). The molecule has 5 nitrogen and oxygen atoms in total. The van der Waals surface area contributed by atoms with Crippen LogP contribution in [0.15, 0.2) is 42.7 Å². The van der Waals surface area contributed by atoms with E-state index in [1.165, 1.54) is 0 Å². The van der Waals surface area contributed by atoms with Gasteiger partial charge in [0, 0.05) is 24.9 Å². The number of nitrogens with two attached hydrogens (primary N) is 1. The summed E-state index contributed by atoms with van der Waals surface area (Å²) in [6.07, 6.45) is 3.96. The van der Waals surface area contributed by atoms with Crippen LogP contribution in [-0.4, -0.2) is 21.7 Å². The van der Waals surface area contributed by atoms with Crippen LogP contribution in [0.4, 0.5) is 0 Å². The lowest BCUT2D eigenvalue weighted by Gasteiger charge is -2.16. The third kappa shape index (κ3) is 3.68. The molecular formula is C15H20N4O. The lowest BCUT2D eigenvalue weighted by Crippen LogP contribution is -2.31. The highest BCUT2D eigenvalue weighted by molar-refractivity contribution is 5.77. The van der Waals surface area contributed by atoms with Gasteiger partial charge in [-0.15, -0.1) is 0 Å². The summed E-state index contributed by atoms with van der Waals surface area (Å²) in [6, 6.07) is 9.64. The number of rotatable bonds is 5. The zero-order valence-electron chi connectivity index (χ0n) is 11.8. The van der Waals surface area contributed by atoms with Crippen molar-refractivity contribution in [2.45, 2.75) is 32.4 Å². The Kier molecular flexibility index (Phi) is 4.53. The van der Waals surface area contributed by atoms with Gasteiger partial charge in [-0.3, -0.25) is 4.79 Å². The molecule has 2 aromatic rings. The first-order valence-electron chi connectivity index (χ1n) is 6.71. The highest BCUT2D eigenvalue weighted by Crippen LogP contribution is 2.16. The molecule has 0 fully saturated rings. The van der Waals surface area contributed by atoms with Crippen LogP contribution in [0.25, 0.3) is 5.69 Å². The summed E-state index contributed by atoms with van der Waals surface area (Å²) in [5.41, 5.74) is 7.63. The van der Waals surface area contributed by atoms with Crippen LogP contribution in [0.3, 0.4) is 0 Å². The minimum absolute atomic E-state index is 0.0306. The molecule has 1 aromatic heterocycles. The number of benzene rings is 1. The molecule has 2 atom stereocenters. The fourth-order valence-electron chi connectivity index (χ4n) is 2.03. The molecule has 20 heavy (non-hydrogen) atoms. The zero-order chi connectivity index (χ0) is 14.5. The number of hydrogen-bond donors (Lipinski definition) is 2. The van der Waals surface area contributed by atoms with Crippen molar-refractivity contribution in [3.8, 4) is 5.69 Å². The van der Waals surface area contributed by atoms with Crippen LogP contribution in [-0.2, 0) is 4.79 Å². The average molecular weight is 272 g/mol. The molecule has 2 unspecified atom stereocenters. The van der Waals surface area contributed by atoms with E-state index in [4.69, 9.17) is 5.73 Å². The lowest BCUT2D eigenvalue weighted by molar-refractivity contribution is -0.122. The standard InChI is InChI=1S/C15H20N4O/c1-11(16)9-15(20)18-12(2)13-5-3-6-14(10-13)19-8-4-7-17-19/h3-8,10-12H,9,16H2,1-2H3,(H,18,20). The molecule has 1 aromatic carbocycles. The molecule has 0 spiro atoms. The van der Waals surface area contributed by atoms with Gasteiger partial charge in [0.2, 0.25) is 5.91 Å². The number of nitrogens with zero attached hydrogens (tertiary/aromatic N) is 2. The Labute approximate surface area is 118 Å². The van der Waals surface area contributed by atoms with Crippen molar-refractivity contribution < 1.29 is 4.79 Å². The molecule has 0 saturated heterocycles. The summed E-state index contributed by atoms with van der Waals surface area (Å²) in [7, 11) is 0. The average Bonchev–Trinajstić information content (AvgIpc) is 2.91. The van der Waals surface area contributed by atoms with E-state index in [2.05, 4.69) is 10.4 Å². The molecule has 0 aliphatic rings. The van der Waals surface area contributed by atoms with Gasteiger partial charge in [-0.2, -0.15) is 5.10 Å². The smallest absolute Gasteiger partial charge is 0.222 e. The van der Waals surface area contributed by atoms with Crippen LogP contribution in [0.1, 0.15) is 31.9 Å². The van der Waals surface area contributed by atoms with E-state index < -0.39 is 0 Å². The van der Waals surface area contributed by atoms with E-state index in [-0.39, 0.29) is 18.0 Å². The van der Waals surface area contributed by atoms with Gasteiger partial charge in [0.25, 0.3) is 0 Å². The summed E-state index contributed by atoms with van der Waals surface area (Å²) in [5.74, 6) is -0.0306. The first kappa shape index (κ1) is 14.3. The Morgan fingerprint density at radius 1 is 1.40 bits per heavy atom. The first-order chi connectivity index (χ1) is 9.56. The molecule has 106 valence electrons. The highest BCUT2D eigenvalue weighted by Gasteiger charge is 2.11. The zero-order valence-corrected chi connectivity index (χ0v) is 11.8. The minimum atomic E-state index is -0.127. The first-order valence-corrected chi connectivity index (χ1v) is 6.71. The monoisotopic (exact) mass is 272 g/mol. The van der Waals surface area contributed by atoms with Gasteiger partial charge in [0.05, 0.1) is 11.7 Å². The number of aromatic nitrogens is 2. The van der Waals surface area contributed by atoms with E-state index in [1.54, 1.807) is 10.9 Å². The van der Waals surface area contributed by atoms with Crippen molar-refractivity contribution in [3.63, 3.8) is 0 Å². The maximum atomic E-state index is 11.7. The molecule has 0 radical (unpaired) electrons. The summed E-state index contributed by atoms with van der Waals surface area (Å²) < 4.78 is 1.79. The molecule has 1 heterocycles. The van der Waals surface area contributed by atoms with Gasteiger partial charge in [-0.25, -0.2) is 4.68 Å². The Morgan fingerprint density at radius 3 is 2.85 bits per heavy atom. The van der Waals surface area contributed by atoms with E-state index in [9.17, 15) is 4.79 Å². The Hall–Kier alpha value is -2.14. The van der Waals surface area contributed by atoms with Gasteiger partial charge in [-0.05, 0) is 37.6 Å². The van der Waals surface area contributed by atoms with Crippen molar-refractivity contribution in [2.75, 3.05) is 0 Å². The Bertz CT molecular complexity index is 563. The number of carbonyl (C=O) groups excluding carboxylic acids is 1. The normalized spacial score (nSPS) is 13.8.